The molecule has 0 amide bonds. The molecule has 0 saturated carbocycles. The fraction of sp³-hybridized carbons (Fsp3) is 0.167. The molecule has 0 spiro atoms. The number of hydrogen-bond acceptors (Lipinski definition) is 0. The average Bonchev–Trinajstić information content (AvgIpc) is 2.29. The van der Waals surface area contributed by atoms with Gasteiger partial charge in [-0.2, -0.15) is 47.5 Å². The van der Waals surface area contributed by atoms with Crippen molar-refractivity contribution in [3.63, 3.8) is 0 Å². The van der Waals surface area contributed by atoms with Gasteiger partial charge in [0.15, 0.2) is 0 Å². The molecule has 2 aromatic carbocycles. The fourth-order valence-electron chi connectivity index (χ4n) is 1.81. The molecule has 94 valence electrons. The normalized spacial score (nSPS) is 8.58. The Bertz CT molecular complexity index is 436. The third kappa shape index (κ3) is 7.64. The van der Waals surface area contributed by atoms with E-state index in [2.05, 4.69) is 45.5 Å². The van der Waals surface area contributed by atoms with Crippen LogP contribution in [0.15, 0.2) is 55.1 Å². The second kappa shape index (κ2) is 9.58. The number of aryl methyl sites for hydroxylation is 3. The molecule has 19 heavy (non-hydrogen) atoms. The van der Waals surface area contributed by atoms with Gasteiger partial charge < -0.3 is 0 Å². The molecule has 0 N–H and O–H groups in total. The molecule has 1 heteroatoms. The van der Waals surface area contributed by atoms with Crippen molar-refractivity contribution in [3.05, 3.63) is 89.9 Å². The van der Waals surface area contributed by atoms with E-state index in [1.165, 1.54) is 22.3 Å². The summed E-state index contributed by atoms with van der Waals surface area (Å²) in [6, 6.07) is 17.6. The minimum atomic E-state index is 0. The number of allylic oxidation sites excluding steroid dienone is 1. The third-order valence-corrected chi connectivity index (χ3v) is 2.39. The van der Waals surface area contributed by atoms with Crippen molar-refractivity contribution in [2.24, 2.45) is 0 Å². The van der Waals surface area contributed by atoms with E-state index in [1.54, 1.807) is 6.08 Å². The Labute approximate surface area is 130 Å². The van der Waals surface area contributed by atoms with Crippen molar-refractivity contribution in [2.45, 2.75) is 20.8 Å². The van der Waals surface area contributed by atoms with Gasteiger partial charge in [0.1, 0.15) is 0 Å². The van der Waals surface area contributed by atoms with Crippen LogP contribution in [0.2, 0.25) is 0 Å². The molecular formula is C18H20Zn. The summed E-state index contributed by atoms with van der Waals surface area (Å²) in [7, 11) is 0. The first-order chi connectivity index (χ1) is 8.61. The Balaban J connectivity index is 0.000000324. The summed E-state index contributed by atoms with van der Waals surface area (Å²) in [5.41, 5.74) is 4.98. The molecule has 2 aromatic rings. The summed E-state index contributed by atoms with van der Waals surface area (Å²) in [6.45, 7) is 9.84. The van der Waals surface area contributed by atoms with Gasteiger partial charge in [-0.25, -0.2) is 0 Å². The van der Waals surface area contributed by atoms with Gasteiger partial charge in [0, 0.05) is 0 Å². The Morgan fingerprint density at radius 2 is 1.53 bits per heavy atom. The summed E-state index contributed by atoms with van der Waals surface area (Å²) in [6.07, 6.45) is 3.76. The molecule has 0 atom stereocenters. The van der Waals surface area contributed by atoms with Crippen LogP contribution in [-0.4, -0.2) is 0 Å². The molecule has 0 saturated heterocycles. The van der Waals surface area contributed by atoms with Crippen LogP contribution in [0.3, 0.4) is 0 Å². The van der Waals surface area contributed by atoms with Gasteiger partial charge >= 0.3 is 19.5 Å². The third-order valence-electron chi connectivity index (χ3n) is 2.39. The standard InChI is InChI=1S/C9H11.C9H9.Zn/c1-7-4-8(2)6-9(3)5-7;1-2-6-9-7-4-3-5-8-9;/h4-5H,1-3H3;2-8H,1H2;/q2*-1;+2. The van der Waals surface area contributed by atoms with Crippen LogP contribution in [0.5, 0.6) is 0 Å². The fourth-order valence-corrected chi connectivity index (χ4v) is 1.81. The minimum absolute atomic E-state index is 0. The van der Waals surface area contributed by atoms with Gasteiger partial charge in [0.05, 0.1) is 0 Å². The first kappa shape index (κ1) is 17.7. The van der Waals surface area contributed by atoms with E-state index in [9.17, 15) is 0 Å². The maximum Gasteiger partial charge on any atom is 2.00 e. The summed E-state index contributed by atoms with van der Waals surface area (Å²) in [5.74, 6) is 0. The molecule has 0 aromatic heterocycles. The van der Waals surface area contributed by atoms with Gasteiger partial charge in [-0.3, -0.25) is 0 Å². The van der Waals surface area contributed by atoms with Gasteiger partial charge in [0.2, 0.25) is 0 Å². The molecule has 0 heterocycles. The molecule has 0 bridgehead atoms. The molecular weight excluding hydrogens is 282 g/mol. The molecule has 0 aliphatic heterocycles. The maximum atomic E-state index is 3.60. The van der Waals surface area contributed by atoms with Crippen molar-refractivity contribution < 1.29 is 19.5 Å². The van der Waals surface area contributed by atoms with Crippen LogP contribution in [0.4, 0.5) is 0 Å². The van der Waals surface area contributed by atoms with Crippen LogP contribution < -0.4 is 0 Å². The Morgan fingerprint density at radius 3 is 1.95 bits per heavy atom. The second-order valence-corrected chi connectivity index (χ2v) is 4.34. The topological polar surface area (TPSA) is 0 Å². The summed E-state index contributed by atoms with van der Waals surface area (Å²) in [5, 5.41) is 0. The molecule has 0 aliphatic carbocycles. The van der Waals surface area contributed by atoms with Crippen LogP contribution in [0.1, 0.15) is 22.3 Å². The van der Waals surface area contributed by atoms with Gasteiger partial charge in [-0.05, 0) is 0 Å². The summed E-state index contributed by atoms with van der Waals surface area (Å²) in [4.78, 5) is 0. The zero-order valence-electron chi connectivity index (χ0n) is 12.1. The molecule has 0 fully saturated rings. The van der Waals surface area contributed by atoms with E-state index in [4.69, 9.17) is 0 Å². The number of rotatable bonds is 2. The summed E-state index contributed by atoms with van der Waals surface area (Å²) < 4.78 is 0. The Morgan fingerprint density at radius 1 is 1.00 bits per heavy atom. The first-order valence-electron chi connectivity index (χ1n) is 6.10. The van der Waals surface area contributed by atoms with E-state index in [-0.39, 0.29) is 19.5 Å². The minimum Gasteiger partial charge on any atom is -0.177 e. The van der Waals surface area contributed by atoms with E-state index < -0.39 is 0 Å². The molecule has 2 rings (SSSR count). The van der Waals surface area contributed by atoms with E-state index in [0.29, 0.717) is 0 Å². The predicted molar refractivity (Wildman–Crippen MR) is 79.5 cm³/mol. The molecule has 0 nitrogen and oxygen atoms in total. The van der Waals surface area contributed by atoms with Crippen molar-refractivity contribution in [1.29, 1.82) is 0 Å². The smallest absolute Gasteiger partial charge is 0.177 e. The first-order valence-corrected chi connectivity index (χ1v) is 6.10. The van der Waals surface area contributed by atoms with E-state index in [0.717, 1.165) is 0 Å². The average molecular weight is 302 g/mol. The van der Waals surface area contributed by atoms with Crippen LogP contribution in [-0.2, 0) is 19.5 Å². The maximum absolute atomic E-state index is 3.60. The summed E-state index contributed by atoms with van der Waals surface area (Å²) >= 11 is 0. The van der Waals surface area contributed by atoms with E-state index >= 15 is 0 Å². The van der Waals surface area contributed by atoms with Crippen molar-refractivity contribution >= 4 is 0 Å². The monoisotopic (exact) mass is 300 g/mol. The van der Waals surface area contributed by atoms with Crippen molar-refractivity contribution in [1.82, 2.24) is 0 Å². The predicted octanol–water partition coefficient (Wildman–Crippen LogP) is 4.83. The quantitative estimate of drug-likeness (QED) is 0.550. The van der Waals surface area contributed by atoms with E-state index in [1.807, 2.05) is 36.8 Å². The molecule has 0 radical (unpaired) electrons. The number of benzene rings is 2. The van der Waals surface area contributed by atoms with Gasteiger partial charge in [-0.1, -0.05) is 26.8 Å². The number of hydrogen-bond donors (Lipinski definition) is 0. The molecule has 0 aliphatic rings. The van der Waals surface area contributed by atoms with Gasteiger partial charge in [-0.15, -0.1) is 36.2 Å². The largest absolute Gasteiger partial charge is 2.00 e. The van der Waals surface area contributed by atoms with Gasteiger partial charge in [0.25, 0.3) is 0 Å². The Hall–Kier alpha value is -1.33. The van der Waals surface area contributed by atoms with Crippen LogP contribution >= 0.6 is 0 Å². The second-order valence-electron chi connectivity index (χ2n) is 4.34. The zero-order valence-corrected chi connectivity index (χ0v) is 15.1. The molecule has 0 unspecified atom stereocenters. The SMILES string of the molecule is C=C[CH-]c1ccccc1.Cc1[c-]c(C)cc(C)c1.[Zn+2]. The van der Waals surface area contributed by atoms with Crippen molar-refractivity contribution in [3.8, 4) is 0 Å². The van der Waals surface area contributed by atoms with Crippen molar-refractivity contribution in [2.75, 3.05) is 0 Å². The van der Waals surface area contributed by atoms with Crippen LogP contribution in [0, 0.1) is 33.3 Å². The zero-order chi connectivity index (χ0) is 13.4. The Kier molecular flexibility index (Phi) is 8.91. The van der Waals surface area contributed by atoms with Crippen LogP contribution in [0.25, 0.3) is 0 Å².